The predicted molar refractivity (Wildman–Crippen MR) is 95.7 cm³/mol. The van der Waals surface area contributed by atoms with Gasteiger partial charge in [-0.1, -0.05) is 6.92 Å². The summed E-state index contributed by atoms with van der Waals surface area (Å²) in [6.45, 7) is 4.53. The molecule has 1 heterocycles. The zero-order valence-electron chi connectivity index (χ0n) is 14.5. The number of amides is 1. The van der Waals surface area contributed by atoms with E-state index in [-0.39, 0.29) is 17.9 Å². The van der Waals surface area contributed by atoms with E-state index in [4.69, 9.17) is 0 Å². The summed E-state index contributed by atoms with van der Waals surface area (Å²) in [4.78, 5) is 12.6. The lowest BCUT2D eigenvalue weighted by Gasteiger charge is -2.57. The van der Waals surface area contributed by atoms with Crippen LogP contribution in [0.2, 0.25) is 0 Å². The van der Waals surface area contributed by atoms with Gasteiger partial charge in [0.2, 0.25) is 5.91 Å². The van der Waals surface area contributed by atoms with Gasteiger partial charge < -0.3 is 10.6 Å². The maximum absolute atomic E-state index is 12.6. The van der Waals surface area contributed by atoms with Crippen molar-refractivity contribution in [2.45, 2.75) is 70.3 Å². The van der Waals surface area contributed by atoms with Crippen molar-refractivity contribution in [1.82, 2.24) is 10.6 Å². The van der Waals surface area contributed by atoms with Gasteiger partial charge in [0, 0.05) is 12.0 Å². The number of carbonyl (C=O) groups is 1. The normalized spacial score (nSPS) is 42.8. The van der Waals surface area contributed by atoms with Gasteiger partial charge in [-0.2, -0.15) is 0 Å². The molecule has 5 aliphatic rings. The molecule has 3 nitrogen and oxygen atoms in total. The predicted octanol–water partition coefficient (Wildman–Crippen LogP) is 3.52. The average molecular weight is 341 g/mol. The fraction of sp³-hybridized carbons (Fsp3) is 0.947. The summed E-state index contributed by atoms with van der Waals surface area (Å²) in [6.07, 6.45) is 11.4. The highest BCUT2D eigenvalue weighted by Gasteiger charge is 2.51. The topological polar surface area (TPSA) is 41.1 Å². The summed E-state index contributed by atoms with van der Waals surface area (Å²) in [5.74, 6) is 4.27. The Labute approximate surface area is 147 Å². The van der Waals surface area contributed by atoms with Crippen molar-refractivity contribution in [2.75, 3.05) is 13.1 Å². The third-order valence-corrected chi connectivity index (χ3v) is 7.09. The Morgan fingerprint density at radius 1 is 1.17 bits per heavy atom. The highest BCUT2D eigenvalue weighted by molar-refractivity contribution is 5.85. The standard InChI is InChI=1S/C19H32N2O.ClH/c1-13(17-3-2-4-20-12-17)5-18(22)21-19-9-14-6-15(10-19)8-16(7-14)11-19;/h13-17,20H,2-12H2,1H3,(H,21,22);1H. The van der Waals surface area contributed by atoms with Gasteiger partial charge >= 0.3 is 0 Å². The molecule has 4 bridgehead atoms. The lowest BCUT2D eigenvalue weighted by molar-refractivity contribution is -0.128. The first kappa shape index (κ1) is 17.5. The first-order chi connectivity index (χ1) is 10.6. The van der Waals surface area contributed by atoms with E-state index in [2.05, 4.69) is 17.6 Å². The van der Waals surface area contributed by atoms with Gasteiger partial charge in [-0.15, -0.1) is 12.4 Å². The second-order valence-corrected chi connectivity index (χ2v) is 9.03. The minimum Gasteiger partial charge on any atom is -0.351 e. The van der Waals surface area contributed by atoms with Crippen molar-refractivity contribution in [3.8, 4) is 0 Å². The fourth-order valence-electron chi connectivity index (χ4n) is 6.43. The van der Waals surface area contributed by atoms with E-state index in [1.165, 1.54) is 51.4 Å². The summed E-state index contributed by atoms with van der Waals surface area (Å²) < 4.78 is 0. The third kappa shape index (κ3) is 3.71. The number of hydrogen-bond acceptors (Lipinski definition) is 2. The number of rotatable bonds is 4. The molecule has 0 aromatic heterocycles. The maximum Gasteiger partial charge on any atom is 0.220 e. The van der Waals surface area contributed by atoms with Crippen molar-refractivity contribution in [3.05, 3.63) is 0 Å². The van der Waals surface area contributed by atoms with Gasteiger partial charge in [-0.3, -0.25) is 4.79 Å². The first-order valence-corrected chi connectivity index (χ1v) is 9.64. The van der Waals surface area contributed by atoms with Crippen molar-refractivity contribution in [3.63, 3.8) is 0 Å². The molecule has 132 valence electrons. The number of nitrogens with one attached hydrogen (secondary N) is 2. The second kappa shape index (κ2) is 6.92. The average Bonchev–Trinajstić information content (AvgIpc) is 2.45. The van der Waals surface area contributed by atoms with Crippen LogP contribution in [0.1, 0.15) is 64.7 Å². The number of piperidine rings is 1. The molecular formula is C19H33ClN2O. The van der Waals surface area contributed by atoms with Gasteiger partial charge in [0.1, 0.15) is 0 Å². The summed E-state index contributed by atoms with van der Waals surface area (Å²) >= 11 is 0. The van der Waals surface area contributed by atoms with Gasteiger partial charge in [0.05, 0.1) is 0 Å². The fourth-order valence-corrected chi connectivity index (χ4v) is 6.43. The van der Waals surface area contributed by atoms with Crippen LogP contribution >= 0.6 is 12.4 Å². The van der Waals surface area contributed by atoms with E-state index in [0.717, 1.165) is 37.3 Å². The van der Waals surface area contributed by atoms with E-state index in [1.54, 1.807) is 0 Å². The molecule has 2 atom stereocenters. The molecule has 5 fully saturated rings. The molecule has 0 aromatic rings. The van der Waals surface area contributed by atoms with Crippen LogP contribution in [0.15, 0.2) is 0 Å². The molecule has 4 saturated carbocycles. The van der Waals surface area contributed by atoms with Crippen LogP contribution in [0.5, 0.6) is 0 Å². The first-order valence-electron chi connectivity index (χ1n) is 9.64. The molecule has 5 rings (SSSR count). The molecule has 0 aromatic carbocycles. The van der Waals surface area contributed by atoms with Gasteiger partial charge in [-0.05, 0) is 94.0 Å². The van der Waals surface area contributed by atoms with Gasteiger partial charge in [-0.25, -0.2) is 0 Å². The third-order valence-electron chi connectivity index (χ3n) is 7.09. The zero-order valence-corrected chi connectivity index (χ0v) is 15.3. The minimum absolute atomic E-state index is 0. The van der Waals surface area contributed by atoms with Crippen LogP contribution in [0.4, 0.5) is 0 Å². The van der Waals surface area contributed by atoms with Crippen LogP contribution in [-0.4, -0.2) is 24.5 Å². The molecule has 23 heavy (non-hydrogen) atoms. The van der Waals surface area contributed by atoms with E-state index in [1.807, 2.05) is 0 Å². The molecule has 0 spiro atoms. The largest absolute Gasteiger partial charge is 0.351 e. The lowest BCUT2D eigenvalue weighted by Crippen LogP contribution is -2.60. The monoisotopic (exact) mass is 340 g/mol. The molecule has 1 amide bonds. The zero-order chi connectivity index (χ0) is 15.2. The van der Waals surface area contributed by atoms with E-state index in [9.17, 15) is 4.79 Å². The highest BCUT2D eigenvalue weighted by Crippen LogP contribution is 2.55. The molecule has 0 radical (unpaired) electrons. The molecule has 1 aliphatic heterocycles. The smallest absolute Gasteiger partial charge is 0.220 e. The summed E-state index contributed by atoms with van der Waals surface area (Å²) in [5.41, 5.74) is 0.191. The van der Waals surface area contributed by atoms with Crippen LogP contribution in [0, 0.1) is 29.6 Å². The molecule has 4 aliphatic carbocycles. The Balaban J connectivity index is 0.00000156. The van der Waals surface area contributed by atoms with Gasteiger partial charge in [0.15, 0.2) is 0 Å². The number of halogens is 1. The lowest BCUT2D eigenvalue weighted by atomic mass is 9.53. The molecule has 1 saturated heterocycles. The van der Waals surface area contributed by atoms with Crippen molar-refractivity contribution < 1.29 is 4.79 Å². The Morgan fingerprint density at radius 2 is 1.78 bits per heavy atom. The van der Waals surface area contributed by atoms with Crippen LogP contribution in [0.3, 0.4) is 0 Å². The second-order valence-electron chi connectivity index (χ2n) is 9.03. The highest BCUT2D eigenvalue weighted by atomic mass is 35.5. The van der Waals surface area contributed by atoms with E-state index < -0.39 is 0 Å². The molecule has 2 N–H and O–H groups in total. The molecular weight excluding hydrogens is 308 g/mol. The van der Waals surface area contributed by atoms with Crippen LogP contribution in [0.25, 0.3) is 0 Å². The van der Waals surface area contributed by atoms with Crippen molar-refractivity contribution in [1.29, 1.82) is 0 Å². The van der Waals surface area contributed by atoms with Gasteiger partial charge in [0.25, 0.3) is 0 Å². The molecule has 2 unspecified atom stereocenters. The SMILES string of the molecule is CC(CC(=O)NC12CC3CC(CC(C3)C1)C2)C1CCCNC1.Cl. The number of hydrogen-bond donors (Lipinski definition) is 2. The van der Waals surface area contributed by atoms with E-state index in [0.29, 0.717) is 17.7 Å². The van der Waals surface area contributed by atoms with Crippen molar-refractivity contribution >= 4 is 18.3 Å². The Kier molecular flexibility index (Phi) is 5.27. The maximum atomic E-state index is 12.6. The van der Waals surface area contributed by atoms with E-state index >= 15 is 0 Å². The Hall–Kier alpha value is -0.280. The summed E-state index contributed by atoms with van der Waals surface area (Å²) in [7, 11) is 0. The quantitative estimate of drug-likeness (QED) is 0.822. The number of carbonyl (C=O) groups excluding carboxylic acids is 1. The Morgan fingerprint density at radius 3 is 2.30 bits per heavy atom. The molecule has 4 heteroatoms. The minimum atomic E-state index is 0. The summed E-state index contributed by atoms with van der Waals surface area (Å²) in [5, 5.41) is 7.02. The summed E-state index contributed by atoms with van der Waals surface area (Å²) in [6, 6.07) is 0. The van der Waals surface area contributed by atoms with Crippen LogP contribution in [-0.2, 0) is 4.79 Å². The van der Waals surface area contributed by atoms with Crippen molar-refractivity contribution in [2.24, 2.45) is 29.6 Å². The Bertz CT molecular complexity index is 398. The van der Waals surface area contributed by atoms with Crippen LogP contribution < -0.4 is 10.6 Å².